The molecule has 0 spiro atoms. The molecule has 1 aliphatic rings. The lowest BCUT2D eigenvalue weighted by molar-refractivity contribution is -0.120. The number of aryl methyl sites for hydroxylation is 2. The smallest absolute Gasteiger partial charge is 0.233 e. The van der Waals surface area contributed by atoms with Gasteiger partial charge in [0.15, 0.2) is 0 Å². The summed E-state index contributed by atoms with van der Waals surface area (Å²) in [5.74, 6) is 0.0603. The maximum Gasteiger partial charge on any atom is 0.233 e. The van der Waals surface area contributed by atoms with Crippen LogP contribution in [0.15, 0.2) is 47.4 Å². The van der Waals surface area contributed by atoms with E-state index in [0.717, 1.165) is 11.3 Å². The summed E-state index contributed by atoms with van der Waals surface area (Å²) in [6, 6.07) is 14.3. The first-order chi connectivity index (χ1) is 12.0. The molecule has 2 nitrogen and oxygen atoms in total. The van der Waals surface area contributed by atoms with Crippen LogP contribution < -0.4 is 5.32 Å². The van der Waals surface area contributed by atoms with Gasteiger partial charge in [-0.25, -0.2) is 0 Å². The largest absolute Gasteiger partial charge is 0.349 e. The van der Waals surface area contributed by atoms with Gasteiger partial charge in [-0.1, -0.05) is 29.8 Å². The van der Waals surface area contributed by atoms with E-state index in [1.54, 1.807) is 11.8 Å². The number of benzene rings is 2. The fourth-order valence-corrected chi connectivity index (χ4v) is 4.21. The van der Waals surface area contributed by atoms with Crippen LogP contribution in [0, 0.1) is 0 Å². The molecule has 1 aliphatic carbocycles. The van der Waals surface area contributed by atoms with Gasteiger partial charge < -0.3 is 5.32 Å². The molecule has 0 aromatic heterocycles. The van der Waals surface area contributed by atoms with E-state index in [2.05, 4.69) is 30.4 Å². The lowest BCUT2D eigenvalue weighted by Crippen LogP contribution is -2.33. The molecule has 2 atom stereocenters. The number of thioether (sulfide) groups is 1. The molecule has 0 aliphatic heterocycles. The topological polar surface area (TPSA) is 29.1 Å². The average Bonchev–Trinajstić information content (AvgIpc) is 2.63. The highest BCUT2D eigenvalue weighted by Gasteiger charge is 2.18. The first kappa shape index (κ1) is 18.3. The number of hydrogen-bond acceptors (Lipinski definition) is 2. The second kappa shape index (κ2) is 8.29. The first-order valence-electron chi connectivity index (χ1n) is 8.87. The molecule has 0 heterocycles. The van der Waals surface area contributed by atoms with Crippen LogP contribution in [0.1, 0.15) is 49.4 Å². The number of nitrogens with one attached hydrogen (secondary N) is 1. The molecule has 1 N–H and O–H groups in total. The fraction of sp³-hybridized carbons (Fsp3) is 0.381. The molecule has 0 saturated carbocycles. The Labute approximate surface area is 159 Å². The Bertz CT molecular complexity index is 744. The Hall–Kier alpha value is -1.45. The third kappa shape index (κ3) is 4.80. The van der Waals surface area contributed by atoms with Crippen molar-refractivity contribution in [2.75, 3.05) is 0 Å². The number of fused-ring (bicyclic) bond motifs is 1. The standard InChI is InChI=1S/C21H24ClNOS/c1-14(17-8-7-16-5-3-4-6-18(16)13-17)23-21(24)15(2)25-20-11-9-19(22)10-12-20/h7-15H,3-6H2,1-2H3,(H,23,24). The van der Waals surface area contributed by atoms with E-state index in [-0.39, 0.29) is 17.2 Å². The third-order valence-electron chi connectivity index (χ3n) is 4.73. The van der Waals surface area contributed by atoms with Crippen LogP contribution in [-0.4, -0.2) is 11.2 Å². The first-order valence-corrected chi connectivity index (χ1v) is 10.1. The number of rotatable bonds is 5. The van der Waals surface area contributed by atoms with Crippen LogP contribution >= 0.6 is 23.4 Å². The summed E-state index contributed by atoms with van der Waals surface area (Å²) in [6.45, 7) is 4.00. The van der Waals surface area contributed by atoms with E-state index in [1.807, 2.05) is 31.2 Å². The second-order valence-electron chi connectivity index (χ2n) is 6.68. The molecule has 2 unspecified atom stereocenters. The predicted octanol–water partition coefficient (Wildman–Crippen LogP) is 5.58. The molecule has 0 saturated heterocycles. The summed E-state index contributed by atoms with van der Waals surface area (Å²) in [5.41, 5.74) is 4.12. The average molecular weight is 374 g/mol. The number of amides is 1. The second-order valence-corrected chi connectivity index (χ2v) is 8.53. The molecule has 1 amide bonds. The van der Waals surface area contributed by atoms with Crippen LogP contribution in [-0.2, 0) is 17.6 Å². The van der Waals surface area contributed by atoms with Gasteiger partial charge in [0.25, 0.3) is 0 Å². The number of carbonyl (C=O) groups excluding carboxylic acids is 1. The van der Waals surface area contributed by atoms with Gasteiger partial charge in [0.2, 0.25) is 5.91 Å². The van der Waals surface area contributed by atoms with Crippen LogP contribution in [0.25, 0.3) is 0 Å². The van der Waals surface area contributed by atoms with Crippen molar-refractivity contribution in [3.63, 3.8) is 0 Å². The predicted molar refractivity (Wildman–Crippen MR) is 106 cm³/mol. The summed E-state index contributed by atoms with van der Waals surface area (Å²) in [4.78, 5) is 13.6. The minimum absolute atomic E-state index is 0.0213. The fourth-order valence-electron chi connectivity index (χ4n) is 3.21. The van der Waals surface area contributed by atoms with Crippen molar-refractivity contribution < 1.29 is 4.79 Å². The van der Waals surface area contributed by atoms with Gasteiger partial charge in [0.1, 0.15) is 0 Å². The molecule has 25 heavy (non-hydrogen) atoms. The Morgan fingerprint density at radius 2 is 1.72 bits per heavy atom. The normalized spacial score (nSPS) is 16.0. The van der Waals surface area contributed by atoms with Crippen molar-refractivity contribution in [3.8, 4) is 0 Å². The van der Waals surface area contributed by atoms with E-state index in [1.165, 1.54) is 36.0 Å². The zero-order valence-electron chi connectivity index (χ0n) is 14.7. The van der Waals surface area contributed by atoms with Crippen molar-refractivity contribution >= 4 is 29.3 Å². The quantitative estimate of drug-likeness (QED) is 0.693. The maximum atomic E-state index is 12.5. The highest BCUT2D eigenvalue weighted by atomic mass is 35.5. The molecule has 132 valence electrons. The summed E-state index contributed by atoms with van der Waals surface area (Å²) < 4.78 is 0. The zero-order chi connectivity index (χ0) is 17.8. The van der Waals surface area contributed by atoms with Gasteiger partial charge in [-0.15, -0.1) is 11.8 Å². The Kier molecular flexibility index (Phi) is 6.08. The highest BCUT2D eigenvalue weighted by Crippen LogP contribution is 2.27. The number of hydrogen-bond donors (Lipinski definition) is 1. The van der Waals surface area contributed by atoms with Crippen LogP contribution in [0.2, 0.25) is 5.02 Å². The Morgan fingerprint density at radius 1 is 1.04 bits per heavy atom. The molecular formula is C21H24ClNOS. The van der Waals surface area contributed by atoms with Crippen LogP contribution in [0.4, 0.5) is 0 Å². The molecule has 0 fully saturated rings. The molecule has 3 rings (SSSR count). The number of carbonyl (C=O) groups is 1. The highest BCUT2D eigenvalue weighted by molar-refractivity contribution is 8.00. The van der Waals surface area contributed by atoms with Crippen LogP contribution in [0.3, 0.4) is 0 Å². The van der Waals surface area contributed by atoms with Gasteiger partial charge in [0, 0.05) is 9.92 Å². The Balaban J connectivity index is 1.60. The van der Waals surface area contributed by atoms with Gasteiger partial charge >= 0.3 is 0 Å². The van der Waals surface area contributed by atoms with Crippen molar-refractivity contribution in [2.45, 2.75) is 55.7 Å². The minimum Gasteiger partial charge on any atom is -0.349 e. The molecule has 2 aromatic carbocycles. The monoisotopic (exact) mass is 373 g/mol. The van der Waals surface area contributed by atoms with Gasteiger partial charge in [-0.3, -0.25) is 4.79 Å². The molecule has 4 heteroatoms. The van der Waals surface area contributed by atoms with Crippen molar-refractivity contribution in [3.05, 3.63) is 64.2 Å². The van der Waals surface area contributed by atoms with Crippen LogP contribution in [0.5, 0.6) is 0 Å². The van der Waals surface area contributed by atoms with Gasteiger partial charge in [-0.2, -0.15) is 0 Å². The summed E-state index contributed by atoms with van der Waals surface area (Å²) in [5, 5.41) is 3.71. The summed E-state index contributed by atoms with van der Waals surface area (Å²) >= 11 is 7.46. The van der Waals surface area contributed by atoms with E-state index in [0.29, 0.717) is 5.02 Å². The summed E-state index contributed by atoms with van der Waals surface area (Å²) in [7, 11) is 0. The maximum absolute atomic E-state index is 12.5. The van der Waals surface area contributed by atoms with Crippen molar-refractivity contribution in [1.82, 2.24) is 5.32 Å². The van der Waals surface area contributed by atoms with Crippen molar-refractivity contribution in [2.24, 2.45) is 0 Å². The van der Waals surface area contributed by atoms with E-state index >= 15 is 0 Å². The SMILES string of the molecule is CC(Sc1ccc(Cl)cc1)C(=O)NC(C)c1ccc2c(c1)CCCC2. The number of halogens is 1. The molecular weight excluding hydrogens is 350 g/mol. The van der Waals surface area contributed by atoms with E-state index in [4.69, 9.17) is 11.6 Å². The zero-order valence-corrected chi connectivity index (χ0v) is 16.3. The molecule has 0 bridgehead atoms. The molecule has 0 radical (unpaired) electrons. The van der Waals surface area contributed by atoms with Gasteiger partial charge in [-0.05, 0) is 80.5 Å². The van der Waals surface area contributed by atoms with E-state index < -0.39 is 0 Å². The third-order valence-corrected chi connectivity index (χ3v) is 6.09. The molecule has 2 aromatic rings. The van der Waals surface area contributed by atoms with E-state index in [9.17, 15) is 4.79 Å². The van der Waals surface area contributed by atoms with Gasteiger partial charge in [0.05, 0.1) is 11.3 Å². The minimum atomic E-state index is -0.152. The summed E-state index contributed by atoms with van der Waals surface area (Å²) in [6.07, 6.45) is 4.90. The lowest BCUT2D eigenvalue weighted by atomic mass is 9.89. The Morgan fingerprint density at radius 3 is 2.44 bits per heavy atom. The van der Waals surface area contributed by atoms with Crippen molar-refractivity contribution in [1.29, 1.82) is 0 Å². The lowest BCUT2D eigenvalue weighted by Gasteiger charge is -2.21.